The summed E-state index contributed by atoms with van der Waals surface area (Å²) in [4.78, 5) is 2.29. The van der Waals surface area contributed by atoms with Crippen LogP contribution in [0, 0.1) is 12.8 Å². The van der Waals surface area contributed by atoms with Gasteiger partial charge in [0, 0.05) is 19.6 Å². The van der Waals surface area contributed by atoms with Crippen LogP contribution in [0.15, 0.2) is 66.7 Å². The third-order valence-electron chi connectivity index (χ3n) is 7.75. The lowest BCUT2D eigenvalue weighted by molar-refractivity contribution is -0.138. The van der Waals surface area contributed by atoms with Gasteiger partial charge in [-0.25, -0.2) is 0 Å². The van der Waals surface area contributed by atoms with E-state index >= 15 is 0 Å². The predicted octanol–water partition coefficient (Wildman–Crippen LogP) is 8.14. The molecule has 3 aromatic carbocycles. The molecular formula is C32H33F4N. The van der Waals surface area contributed by atoms with Crippen molar-refractivity contribution in [3.8, 4) is 0 Å². The van der Waals surface area contributed by atoms with E-state index in [1.807, 2.05) is 18.2 Å². The summed E-state index contributed by atoms with van der Waals surface area (Å²) in [5.74, 6) is 0.570. The average Bonchev–Trinajstić information content (AvgIpc) is 3.04. The molecule has 37 heavy (non-hydrogen) atoms. The van der Waals surface area contributed by atoms with E-state index in [-0.39, 0.29) is 12.2 Å². The minimum absolute atomic E-state index is 0.255. The molecule has 0 spiro atoms. The van der Waals surface area contributed by atoms with Gasteiger partial charge in [-0.1, -0.05) is 66.7 Å². The maximum absolute atomic E-state index is 14.3. The lowest BCUT2D eigenvalue weighted by Gasteiger charge is -2.39. The Labute approximate surface area is 216 Å². The van der Waals surface area contributed by atoms with E-state index in [1.165, 1.54) is 11.1 Å². The molecule has 1 fully saturated rings. The van der Waals surface area contributed by atoms with Crippen molar-refractivity contribution in [1.29, 1.82) is 0 Å². The second kappa shape index (κ2) is 10.8. The van der Waals surface area contributed by atoms with Gasteiger partial charge in [0.1, 0.15) is 0 Å². The Morgan fingerprint density at radius 2 is 1.59 bits per heavy atom. The molecule has 5 heteroatoms. The summed E-state index contributed by atoms with van der Waals surface area (Å²) in [6.07, 6.45) is -0.624. The van der Waals surface area contributed by atoms with Crippen molar-refractivity contribution in [3.63, 3.8) is 0 Å². The summed E-state index contributed by atoms with van der Waals surface area (Å²) in [6.45, 7) is 4.10. The van der Waals surface area contributed by atoms with Gasteiger partial charge in [-0.3, -0.25) is 4.39 Å². The summed E-state index contributed by atoms with van der Waals surface area (Å²) >= 11 is 0. The Hall–Kier alpha value is -2.92. The SMILES string of the molecule is Cc1cccc(C2=C(c3ccc(CC4CN(CCCF)C4)cc3)c3ccccc3CCC2)c1C(F)(F)F. The summed E-state index contributed by atoms with van der Waals surface area (Å²) in [5.41, 5.74) is 6.11. The second-order valence-corrected chi connectivity index (χ2v) is 10.4. The Morgan fingerprint density at radius 1 is 0.865 bits per heavy atom. The third kappa shape index (κ3) is 5.52. The highest BCUT2D eigenvalue weighted by atomic mass is 19.4. The molecule has 0 saturated carbocycles. The molecule has 5 rings (SSSR count). The molecule has 0 aromatic heterocycles. The van der Waals surface area contributed by atoms with Gasteiger partial charge in [0.15, 0.2) is 0 Å². The van der Waals surface area contributed by atoms with Crippen molar-refractivity contribution in [2.75, 3.05) is 26.3 Å². The minimum atomic E-state index is -4.42. The van der Waals surface area contributed by atoms with Gasteiger partial charge in [0.2, 0.25) is 0 Å². The largest absolute Gasteiger partial charge is 0.417 e. The molecule has 2 aliphatic rings. The summed E-state index contributed by atoms with van der Waals surface area (Å²) < 4.78 is 55.2. The van der Waals surface area contributed by atoms with E-state index in [9.17, 15) is 17.6 Å². The average molecular weight is 508 g/mol. The number of aryl methyl sites for hydroxylation is 2. The molecule has 194 valence electrons. The maximum Gasteiger partial charge on any atom is 0.417 e. The van der Waals surface area contributed by atoms with Crippen molar-refractivity contribution >= 4 is 11.1 Å². The monoisotopic (exact) mass is 507 g/mol. The molecule has 1 aliphatic heterocycles. The number of rotatable bonds is 7. The zero-order chi connectivity index (χ0) is 26.0. The normalized spacial score (nSPS) is 16.9. The zero-order valence-electron chi connectivity index (χ0n) is 21.3. The molecule has 1 saturated heterocycles. The van der Waals surface area contributed by atoms with Gasteiger partial charge >= 0.3 is 6.18 Å². The molecule has 0 unspecified atom stereocenters. The molecule has 0 amide bonds. The number of alkyl halides is 4. The van der Waals surface area contributed by atoms with Crippen molar-refractivity contribution in [1.82, 2.24) is 4.90 Å². The van der Waals surface area contributed by atoms with Crippen molar-refractivity contribution < 1.29 is 17.6 Å². The number of allylic oxidation sites excluding steroid dienone is 1. The fraction of sp³-hybridized carbons (Fsp3) is 0.375. The molecule has 0 radical (unpaired) electrons. The Kier molecular flexibility index (Phi) is 7.52. The van der Waals surface area contributed by atoms with E-state index < -0.39 is 11.7 Å². The Bertz CT molecular complexity index is 1270. The first-order valence-corrected chi connectivity index (χ1v) is 13.2. The van der Waals surface area contributed by atoms with Crippen LogP contribution in [-0.2, 0) is 19.0 Å². The number of halogens is 4. The molecule has 0 atom stereocenters. The third-order valence-corrected chi connectivity index (χ3v) is 7.75. The first-order valence-electron chi connectivity index (χ1n) is 13.2. The zero-order valence-corrected chi connectivity index (χ0v) is 21.3. The van der Waals surface area contributed by atoms with E-state index in [0.717, 1.165) is 61.2 Å². The van der Waals surface area contributed by atoms with Gasteiger partial charge in [-0.05, 0) is 89.5 Å². The highest BCUT2D eigenvalue weighted by molar-refractivity contribution is 6.00. The fourth-order valence-corrected chi connectivity index (χ4v) is 6.03. The quantitative estimate of drug-likeness (QED) is 0.292. The molecule has 0 bridgehead atoms. The molecule has 1 heterocycles. The second-order valence-electron chi connectivity index (χ2n) is 10.4. The van der Waals surface area contributed by atoms with E-state index in [0.29, 0.717) is 24.3 Å². The van der Waals surface area contributed by atoms with Crippen molar-refractivity contribution in [2.24, 2.45) is 5.92 Å². The lowest BCUT2D eigenvalue weighted by atomic mass is 9.84. The van der Waals surface area contributed by atoms with Gasteiger partial charge in [-0.2, -0.15) is 13.2 Å². The number of likely N-dealkylation sites (tertiary alicyclic amines) is 1. The van der Waals surface area contributed by atoms with Crippen LogP contribution < -0.4 is 0 Å². The standard InChI is InChI=1S/C32H33F4N/c1-22-7-4-12-29(31(22)32(34,35)36)28-11-5-9-25-8-2-3-10-27(25)30(28)26-15-13-23(14-16-26)19-24-20-37(21-24)18-6-17-33/h2-4,7-8,10,12-16,24H,5-6,9,11,17-21H2,1H3. The number of fused-ring (bicyclic) bond motifs is 1. The van der Waals surface area contributed by atoms with E-state index in [1.54, 1.807) is 25.1 Å². The van der Waals surface area contributed by atoms with Crippen molar-refractivity contribution in [2.45, 2.75) is 45.2 Å². The van der Waals surface area contributed by atoms with Crippen LogP contribution in [-0.4, -0.2) is 31.2 Å². The highest BCUT2D eigenvalue weighted by Crippen LogP contribution is 2.44. The number of nitrogens with zero attached hydrogens (tertiary/aromatic N) is 1. The van der Waals surface area contributed by atoms with Crippen LogP contribution in [0.2, 0.25) is 0 Å². The van der Waals surface area contributed by atoms with Crippen LogP contribution in [0.5, 0.6) is 0 Å². The summed E-state index contributed by atoms with van der Waals surface area (Å²) in [6, 6.07) is 21.5. The van der Waals surface area contributed by atoms with Gasteiger partial charge < -0.3 is 4.90 Å². The molecule has 0 N–H and O–H groups in total. The number of hydrogen-bond donors (Lipinski definition) is 0. The number of benzene rings is 3. The van der Waals surface area contributed by atoms with Crippen LogP contribution in [0.4, 0.5) is 17.6 Å². The maximum atomic E-state index is 14.3. The summed E-state index contributed by atoms with van der Waals surface area (Å²) in [5, 5.41) is 0. The van der Waals surface area contributed by atoms with Crippen molar-refractivity contribution in [3.05, 3.63) is 106 Å². The molecule has 3 aromatic rings. The van der Waals surface area contributed by atoms with Crippen LogP contribution in [0.3, 0.4) is 0 Å². The van der Waals surface area contributed by atoms with Gasteiger partial charge in [-0.15, -0.1) is 0 Å². The van der Waals surface area contributed by atoms with Gasteiger partial charge in [0.05, 0.1) is 12.2 Å². The molecule has 1 nitrogen and oxygen atoms in total. The van der Waals surface area contributed by atoms with E-state index in [2.05, 4.69) is 35.2 Å². The lowest BCUT2D eigenvalue weighted by Crippen LogP contribution is -2.47. The number of hydrogen-bond acceptors (Lipinski definition) is 1. The smallest absolute Gasteiger partial charge is 0.303 e. The first-order chi connectivity index (χ1) is 17.8. The summed E-state index contributed by atoms with van der Waals surface area (Å²) in [7, 11) is 0. The van der Waals surface area contributed by atoms with Crippen LogP contribution >= 0.6 is 0 Å². The van der Waals surface area contributed by atoms with E-state index in [4.69, 9.17) is 0 Å². The topological polar surface area (TPSA) is 3.24 Å². The predicted molar refractivity (Wildman–Crippen MR) is 142 cm³/mol. The van der Waals surface area contributed by atoms with Crippen LogP contribution in [0.25, 0.3) is 11.1 Å². The van der Waals surface area contributed by atoms with Crippen LogP contribution in [0.1, 0.15) is 58.2 Å². The first kappa shape index (κ1) is 25.7. The molecular weight excluding hydrogens is 474 g/mol. The Morgan fingerprint density at radius 3 is 2.32 bits per heavy atom. The Balaban J connectivity index is 1.53. The fourth-order valence-electron chi connectivity index (χ4n) is 6.03. The molecule has 1 aliphatic carbocycles. The highest BCUT2D eigenvalue weighted by Gasteiger charge is 2.36. The minimum Gasteiger partial charge on any atom is -0.303 e. The van der Waals surface area contributed by atoms with Gasteiger partial charge in [0.25, 0.3) is 0 Å².